The van der Waals surface area contributed by atoms with E-state index in [2.05, 4.69) is 15.2 Å². The summed E-state index contributed by atoms with van der Waals surface area (Å²) in [7, 11) is 1.68. The van der Waals surface area contributed by atoms with E-state index in [9.17, 15) is 4.79 Å². The Morgan fingerprint density at radius 3 is 2.81 bits per heavy atom. The van der Waals surface area contributed by atoms with Gasteiger partial charge >= 0.3 is 0 Å². The third-order valence-corrected chi connectivity index (χ3v) is 4.36. The van der Waals surface area contributed by atoms with Gasteiger partial charge in [0, 0.05) is 26.2 Å². The summed E-state index contributed by atoms with van der Waals surface area (Å²) < 4.78 is 5.43. The van der Waals surface area contributed by atoms with Crippen molar-refractivity contribution in [3.05, 3.63) is 23.3 Å². The molecule has 1 aliphatic heterocycles. The summed E-state index contributed by atoms with van der Waals surface area (Å²) in [6.07, 6.45) is 4.99. The van der Waals surface area contributed by atoms with Crippen LogP contribution in [0.15, 0.2) is 11.6 Å². The fraction of sp³-hybridized carbons (Fsp3) is 0.667. The van der Waals surface area contributed by atoms with Crippen molar-refractivity contribution in [1.29, 1.82) is 0 Å². The quantitative estimate of drug-likeness (QED) is 0.858. The summed E-state index contributed by atoms with van der Waals surface area (Å²) in [4.78, 5) is 18.8. The predicted molar refractivity (Wildman–Crippen MR) is 77.5 cm³/mol. The number of likely N-dealkylation sites (tertiary alicyclic amines) is 1. The lowest BCUT2D eigenvalue weighted by Gasteiger charge is -2.21. The van der Waals surface area contributed by atoms with Crippen LogP contribution in [0.3, 0.4) is 0 Å². The number of aromatic nitrogens is 3. The average molecular weight is 290 g/mol. The minimum atomic E-state index is -0.101. The Kier molecular flexibility index (Phi) is 3.80. The molecule has 0 spiro atoms. The maximum Gasteiger partial charge on any atom is 0.247 e. The number of methoxy groups -OCH3 is 1. The van der Waals surface area contributed by atoms with Crippen molar-refractivity contribution in [2.24, 2.45) is 5.92 Å². The molecule has 0 unspecified atom stereocenters. The molecule has 3 rings (SSSR count). The molecule has 1 amide bonds. The summed E-state index contributed by atoms with van der Waals surface area (Å²) in [5.74, 6) is 2.10. The summed E-state index contributed by atoms with van der Waals surface area (Å²) in [6.45, 7) is 4.51. The minimum absolute atomic E-state index is 0.0476. The Hall–Kier alpha value is -1.69. The van der Waals surface area contributed by atoms with E-state index in [-0.39, 0.29) is 18.1 Å². The number of ether oxygens (including phenoxy) is 1. The average Bonchev–Trinajstić information content (AvgIpc) is 3.08. The molecule has 21 heavy (non-hydrogen) atoms. The molecule has 1 saturated heterocycles. The Balaban J connectivity index is 1.80. The molecule has 0 radical (unpaired) electrons. The highest BCUT2D eigenvalue weighted by atomic mass is 16.5. The zero-order valence-electron chi connectivity index (χ0n) is 12.8. The molecular formula is C15H22N4O2. The molecule has 2 heterocycles. The number of rotatable bonds is 4. The molecule has 1 aromatic rings. The second-order valence-electron chi connectivity index (χ2n) is 6.04. The van der Waals surface area contributed by atoms with Crippen molar-refractivity contribution in [2.75, 3.05) is 13.7 Å². The minimum Gasteiger partial charge on any atom is -0.380 e. The monoisotopic (exact) mass is 290 g/mol. The number of nitrogens with zero attached hydrogens (tertiary/aromatic N) is 3. The van der Waals surface area contributed by atoms with Crippen molar-refractivity contribution in [2.45, 2.75) is 45.3 Å². The lowest BCUT2D eigenvalue weighted by Crippen LogP contribution is -2.31. The molecule has 6 nitrogen and oxygen atoms in total. The predicted octanol–water partition coefficient (Wildman–Crippen LogP) is 1.76. The van der Waals surface area contributed by atoms with Crippen molar-refractivity contribution in [3.8, 4) is 0 Å². The molecule has 6 heteroatoms. The summed E-state index contributed by atoms with van der Waals surface area (Å²) in [6, 6.07) is -0.101. The van der Waals surface area contributed by atoms with E-state index in [1.807, 2.05) is 18.7 Å². The van der Waals surface area contributed by atoms with Gasteiger partial charge in [0.05, 0.1) is 12.1 Å². The first kappa shape index (κ1) is 14.3. The van der Waals surface area contributed by atoms with Gasteiger partial charge in [-0.25, -0.2) is 4.98 Å². The van der Waals surface area contributed by atoms with E-state index in [1.165, 1.54) is 18.4 Å². The normalized spacial score (nSPS) is 26.4. The fourth-order valence-corrected chi connectivity index (χ4v) is 2.90. The zero-order chi connectivity index (χ0) is 15.0. The number of hydrogen-bond acceptors (Lipinski definition) is 4. The molecular weight excluding hydrogens is 268 g/mol. The van der Waals surface area contributed by atoms with Crippen molar-refractivity contribution >= 4 is 5.91 Å². The highest BCUT2D eigenvalue weighted by Gasteiger charge is 2.38. The number of hydrogen-bond donors (Lipinski definition) is 1. The molecule has 1 saturated carbocycles. The number of aromatic amines is 1. The van der Waals surface area contributed by atoms with Crippen LogP contribution in [0.1, 0.15) is 43.9 Å². The van der Waals surface area contributed by atoms with Crippen LogP contribution < -0.4 is 0 Å². The molecule has 1 aliphatic carbocycles. The molecule has 114 valence electrons. The second-order valence-corrected chi connectivity index (χ2v) is 6.04. The summed E-state index contributed by atoms with van der Waals surface area (Å²) >= 11 is 0. The van der Waals surface area contributed by atoms with Crippen LogP contribution in [0.2, 0.25) is 0 Å². The van der Waals surface area contributed by atoms with Gasteiger partial charge in [-0.05, 0) is 32.6 Å². The van der Waals surface area contributed by atoms with Gasteiger partial charge in [0.2, 0.25) is 5.91 Å². The SMILES string of the molecule is CO[C@@H]1C[C@@H](c2n[nH]c(C)n2)N(C(=O)/C=C(\C)C2CC2)C1. The topological polar surface area (TPSA) is 71.1 Å². The first-order chi connectivity index (χ1) is 10.1. The van der Waals surface area contributed by atoms with Gasteiger partial charge < -0.3 is 9.64 Å². The number of carbonyl (C=O) groups excluding carboxylic acids is 1. The molecule has 2 fully saturated rings. The highest BCUT2D eigenvalue weighted by Crippen LogP contribution is 2.37. The largest absolute Gasteiger partial charge is 0.380 e. The third-order valence-electron chi connectivity index (χ3n) is 4.36. The Morgan fingerprint density at radius 2 is 2.24 bits per heavy atom. The van der Waals surface area contributed by atoms with Crippen LogP contribution in [0, 0.1) is 12.8 Å². The van der Waals surface area contributed by atoms with E-state index < -0.39 is 0 Å². The van der Waals surface area contributed by atoms with Gasteiger partial charge in [-0.3, -0.25) is 9.89 Å². The van der Waals surface area contributed by atoms with Gasteiger partial charge in [0.1, 0.15) is 5.82 Å². The number of nitrogens with one attached hydrogen (secondary N) is 1. The van der Waals surface area contributed by atoms with Crippen molar-refractivity contribution < 1.29 is 9.53 Å². The van der Waals surface area contributed by atoms with Gasteiger partial charge in [-0.1, -0.05) is 5.57 Å². The van der Waals surface area contributed by atoms with E-state index in [4.69, 9.17) is 4.74 Å². The second kappa shape index (κ2) is 5.60. The van der Waals surface area contributed by atoms with Crippen LogP contribution in [-0.4, -0.2) is 45.7 Å². The summed E-state index contributed by atoms with van der Waals surface area (Å²) in [5.41, 5.74) is 1.19. The number of allylic oxidation sites excluding steroid dienone is 1. The molecule has 1 aromatic heterocycles. The maximum absolute atomic E-state index is 12.6. The van der Waals surface area contributed by atoms with Crippen molar-refractivity contribution in [3.63, 3.8) is 0 Å². The smallest absolute Gasteiger partial charge is 0.247 e. The lowest BCUT2D eigenvalue weighted by molar-refractivity contribution is -0.127. The third kappa shape index (κ3) is 3.00. The maximum atomic E-state index is 12.6. The Labute approximate surface area is 124 Å². The lowest BCUT2D eigenvalue weighted by atomic mass is 10.1. The molecule has 0 bridgehead atoms. The fourth-order valence-electron chi connectivity index (χ4n) is 2.90. The van der Waals surface area contributed by atoms with Crippen molar-refractivity contribution in [1.82, 2.24) is 20.1 Å². The highest BCUT2D eigenvalue weighted by molar-refractivity contribution is 5.89. The molecule has 0 aromatic carbocycles. The van der Waals surface area contributed by atoms with Crippen LogP contribution in [0.4, 0.5) is 0 Å². The first-order valence-electron chi connectivity index (χ1n) is 7.49. The van der Waals surface area contributed by atoms with Gasteiger partial charge in [0.25, 0.3) is 0 Å². The van der Waals surface area contributed by atoms with Crippen LogP contribution >= 0.6 is 0 Å². The van der Waals surface area contributed by atoms with E-state index >= 15 is 0 Å². The van der Waals surface area contributed by atoms with Crippen LogP contribution in [0.25, 0.3) is 0 Å². The number of amides is 1. The Bertz CT molecular complexity index is 562. The number of H-pyrrole nitrogens is 1. The van der Waals surface area contributed by atoms with Gasteiger partial charge in [-0.2, -0.15) is 5.10 Å². The van der Waals surface area contributed by atoms with Gasteiger partial charge in [0.15, 0.2) is 5.82 Å². The molecule has 2 aliphatic rings. The van der Waals surface area contributed by atoms with Gasteiger partial charge in [-0.15, -0.1) is 0 Å². The van der Waals surface area contributed by atoms with Crippen LogP contribution in [-0.2, 0) is 9.53 Å². The summed E-state index contributed by atoms with van der Waals surface area (Å²) in [5, 5.41) is 7.07. The standard InChI is InChI=1S/C15H22N4O2/c1-9(11-4-5-11)6-14(20)19-8-12(21-3)7-13(19)15-16-10(2)17-18-15/h6,11-13H,4-5,7-8H2,1-3H3,(H,16,17,18)/b9-6+/t12-,13+/m1/s1. The first-order valence-corrected chi connectivity index (χ1v) is 7.49. The number of aryl methyl sites for hydroxylation is 1. The van der Waals surface area contributed by atoms with E-state index in [0.29, 0.717) is 18.3 Å². The molecule has 2 atom stereocenters. The Morgan fingerprint density at radius 1 is 1.48 bits per heavy atom. The van der Waals surface area contributed by atoms with Crippen LogP contribution in [0.5, 0.6) is 0 Å². The van der Waals surface area contributed by atoms with E-state index in [1.54, 1.807) is 13.2 Å². The molecule has 1 N–H and O–H groups in total. The van der Waals surface area contributed by atoms with E-state index in [0.717, 1.165) is 12.2 Å². The zero-order valence-corrected chi connectivity index (χ0v) is 12.8. The number of carbonyl (C=O) groups is 1.